The zero-order valence-corrected chi connectivity index (χ0v) is 11.4. The van der Waals surface area contributed by atoms with Crippen molar-refractivity contribution in [1.29, 1.82) is 0 Å². The highest BCUT2D eigenvalue weighted by atomic mass is 19.4. The molecule has 0 radical (unpaired) electrons. The molecule has 0 saturated heterocycles. The molecule has 1 aromatic carbocycles. The van der Waals surface area contributed by atoms with Crippen LogP contribution in [0.15, 0.2) is 36.9 Å². The van der Waals surface area contributed by atoms with E-state index in [1.54, 1.807) is 6.92 Å². The van der Waals surface area contributed by atoms with Crippen LogP contribution in [0.5, 0.6) is 5.75 Å². The van der Waals surface area contributed by atoms with Gasteiger partial charge in [-0.15, -0.1) is 19.8 Å². The van der Waals surface area contributed by atoms with Gasteiger partial charge in [0.05, 0.1) is 6.61 Å². The van der Waals surface area contributed by atoms with Crippen molar-refractivity contribution in [3.05, 3.63) is 42.5 Å². The third kappa shape index (κ3) is 5.47. The molecule has 116 valence electrons. The Kier molecular flexibility index (Phi) is 6.23. The van der Waals surface area contributed by atoms with Crippen molar-refractivity contribution in [3.8, 4) is 5.75 Å². The summed E-state index contributed by atoms with van der Waals surface area (Å²) in [5.74, 6) is -1.13. The Balaban J connectivity index is 3.11. The second-order valence-electron chi connectivity index (χ2n) is 3.97. The van der Waals surface area contributed by atoms with E-state index in [1.807, 2.05) is 0 Å². The van der Waals surface area contributed by atoms with Gasteiger partial charge in [-0.05, 0) is 13.0 Å². The molecule has 1 atom stereocenters. The van der Waals surface area contributed by atoms with E-state index in [9.17, 15) is 18.0 Å². The molecular weight excluding hydrogens is 287 g/mol. The zero-order chi connectivity index (χ0) is 15.9. The molecule has 7 heteroatoms. The van der Waals surface area contributed by atoms with Crippen LogP contribution in [-0.2, 0) is 9.53 Å². The monoisotopic (exact) mass is 303 g/mol. The van der Waals surface area contributed by atoms with Crippen molar-refractivity contribution >= 4 is 5.97 Å². The lowest BCUT2D eigenvalue weighted by Crippen LogP contribution is -2.31. The molecule has 4 nitrogen and oxygen atoms in total. The minimum Gasteiger partial charge on any atom is -0.465 e. The quantitative estimate of drug-likeness (QED) is 0.621. The van der Waals surface area contributed by atoms with Crippen molar-refractivity contribution in [2.24, 2.45) is 0 Å². The molecule has 0 aliphatic carbocycles. The maximum atomic E-state index is 12.4. The average Bonchev–Trinajstić information content (AvgIpc) is 2.39. The van der Waals surface area contributed by atoms with Gasteiger partial charge < -0.3 is 9.47 Å². The second-order valence-corrected chi connectivity index (χ2v) is 3.97. The lowest BCUT2D eigenvalue weighted by Gasteiger charge is -2.20. The molecule has 21 heavy (non-hydrogen) atoms. The maximum absolute atomic E-state index is 12.4. The van der Waals surface area contributed by atoms with E-state index in [2.05, 4.69) is 16.6 Å². The van der Waals surface area contributed by atoms with Crippen LogP contribution >= 0.6 is 0 Å². The number of hydrogen-bond acceptors (Lipinski definition) is 4. The number of carbonyl (C=O) groups is 1. The van der Waals surface area contributed by atoms with E-state index < -0.39 is 24.1 Å². The number of rotatable bonds is 7. The summed E-state index contributed by atoms with van der Waals surface area (Å²) in [5.41, 5.74) is 0.0510. The number of ether oxygens (including phenoxy) is 2. The summed E-state index contributed by atoms with van der Waals surface area (Å²) in [5, 5.41) is 2.76. The lowest BCUT2D eigenvalue weighted by molar-refractivity contribution is -0.275. The molecule has 0 heterocycles. The Hall–Kier alpha value is -2.02. The molecule has 0 spiro atoms. The van der Waals surface area contributed by atoms with Crippen LogP contribution in [-0.4, -0.2) is 25.5 Å². The lowest BCUT2D eigenvalue weighted by atomic mass is 10.1. The van der Waals surface area contributed by atoms with Crippen LogP contribution < -0.4 is 10.1 Å². The Labute approximate surface area is 120 Å². The number of benzene rings is 1. The number of alkyl halides is 3. The fourth-order valence-corrected chi connectivity index (χ4v) is 1.68. The van der Waals surface area contributed by atoms with Crippen LogP contribution in [0.4, 0.5) is 13.2 Å². The number of carbonyl (C=O) groups excluding carboxylic acids is 1. The molecule has 0 fully saturated rings. The summed E-state index contributed by atoms with van der Waals surface area (Å²) in [6.45, 7) is 5.44. The topological polar surface area (TPSA) is 47.6 Å². The molecule has 1 rings (SSSR count). The summed E-state index contributed by atoms with van der Waals surface area (Å²) in [6, 6.07) is 4.35. The smallest absolute Gasteiger partial charge is 0.465 e. The van der Waals surface area contributed by atoms with E-state index in [4.69, 9.17) is 4.74 Å². The van der Waals surface area contributed by atoms with Crippen molar-refractivity contribution in [2.45, 2.75) is 19.3 Å². The first-order chi connectivity index (χ1) is 9.89. The van der Waals surface area contributed by atoms with E-state index >= 15 is 0 Å². The highest BCUT2D eigenvalue weighted by molar-refractivity contribution is 5.78. The van der Waals surface area contributed by atoms with Gasteiger partial charge in [-0.2, -0.15) is 0 Å². The van der Waals surface area contributed by atoms with Gasteiger partial charge in [0.1, 0.15) is 11.8 Å². The van der Waals surface area contributed by atoms with Crippen molar-refractivity contribution in [3.63, 3.8) is 0 Å². The van der Waals surface area contributed by atoms with Crippen molar-refractivity contribution in [2.75, 3.05) is 13.2 Å². The number of halogens is 3. The molecule has 1 N–H and O–H groups in total. The fourth-order valence-electron chi connectivity index (χ4n) is 1.68. The Bertz CT molecular complexity index is 489. The van der Waals surface area contributed by atoms with Crippen molar-refractivity contribution in [1.82, 2.24) is 5.32 Å². The summed E-state index contributed by atoms with van der Waals surface area (Å²) in [7, 11) is 0. The molecule has 1 aromatic rings. The van der Waals surface area contributed by atoms with Gasteiger partial charge in [0.25, 0.3) is 0 Å². The predicted molar refractivity (Wildman–Crippen MR) is 70.7 cm³/mol. The highest BCUT2D eigenvalue weighted by Gasteiger charge is 2.34. The van der Waals surface area contributed by atoms with Gasteiger partial charge in [0.2, 0.25) is 0 Å². The molecule has 0 amide bonds. The fraction of sp³-hybridized carbons (Fsp3) is 0.357. The second kappa shape index (κ2) is 7.68. The van der Waals surface area contributed by atoms with E-state index in [1.165, 1.54) is 24.3 Å². The Morgan fingerprint density at radius 3 is 2.67 bits per heavy atom. The summed E-state index contributed by atoms with van der Waals surface area (Å²) in [6.07, 6.45) is -3.35. The summed E-state index contributed by atoms with van der Waals surface area (Å²) >= 11 is 0. The Morgan fingerprint density at radius 2 is 2.10 bits per heavy atom. The third-order valence-electron chi connectivity index (χ3n) is 2.44. The SMILES string of the molecule is C=CCNC(C(=O)OCC)c1ccccc1OC(F)(F)F. The van der Waals surface area contributed by atoms with Crippen LogP contribution in [0.25, 0.3) is 0 Å². The van der Waals surface area contributed by atoms with Gasteiger partial charge in [0, 0.05) is 12.1 Å². The predicted octanol–water partition coefficient (Wildman–Crippen LogP) is 2.97. The van der Waals surface area contributed by atoms with Gasteiger partial charge in [-0.3, -0.25) is 5.32 Å². The molecular formula is C14H16F3NO3. The molecule has 0 bridgehead atoms. The standard InChI is InChI=1S/C14H16F3NO3/c1-3-9-18-12(13(19)20-4-2)10-7-5-6-8-11(10)21-14(15,16)17/h3,5-8,12,18H,1,4,9H2,2H3. The van der Waals surface area contributed by atoms with E-state index in [-0.39, 0.29) is 18.7 Å². The third-order valence-corrected chi connectivity index (χ3v) is 2.44. The Morgan fingerprint density at radius 1 is 1.43 bits per heavy atom. The highest BCUT2D eigenvalue weighted by Crippen LogP contribution is 2.30. The normalized spacial score (nSPS) is 12.6. The molecule has 0 aromatic heterocycles. The first kappa shape index (κ1) is 17.0. The average molecular weight is 303 g/mol. The maximum Gasteiger partial charge on any atom is 0.573 e. The van der Waals surface area contributed by atoms with Crippen LogP contribution in [0.2, 0.25) is 0 Å². The van der Waals surface area contributed by atoms with E-state index in [0.717, 1.165) is 6.07 Å². The van der Waals surface area contributed by atoms with Crippen LogP contribution in [0, 0.1) is 0 Å². The van der Waals surface area contributed by atoms with Gasteiger partial charge in [-0.25, -0.2) is 4.79 Å². The minimum absolute atomic E-state index is 0.0510. The largest absolute Gasteiger partial charge is 0.573 e. The number of esters is 1. The number of para-hydroxylation sites is 1. The zero-order valence-electron chi connectivity index (χ0n) is 11.4. The summed E-state index contributed by atoms with van der Waals surface area (Å²) in [4.78, 5) is 11.9. The molecule has 0 aliphatic rings. The summed E-state index contributed by atoms with van der Waals surface area (Å²) < 4.78 is 46.0. The number of hydrogen-bond donors (Lipinski definition) is 1. The van der Waals surface area contributed by atoms with Gasteiger partial charge in [-0.1, -0.05) is 24.3 Å². The van der Waals surface area contributed by atoms with Gasteiger partial charge >= 0.3 is 12.3 Å². The van der Waals surface area contributed by atoms with Crippen LogP contribution in [0.3, 0.4) is 0 Å². The number of nitrogens with one attached hydrogen (secondary N) is 1. The first-order valence-electron chi connectivity index (χ1n) is 6.24. The van der Waals surface area contributed by atoms with Crippen molar-refractivity contribution < 1.29 is 27.4 Å². The van der Waals surface area contributed by atoms with E-state index in [0.29, 0.717) is 0 Å². The first-order valence-corrected chi connectivity index (χ1v) is 6.24. The molecule has 0 aliphatic heterocycles. The molecule has 1 unspecified atom stereocenters. The van der Waals surface area contributed by atoms with Gasteiger partial charge in [0.15, 0.2) is 0 Å². The van der Waals surface area contributed by atoms with Crippen LogP contribution in [0.1, 0.15) is 18.5 Å². The molecule has 0 saturated carbocycles. The minimum atomic E-state index is -4.84.